The molecule has 1 unspecified atom stereocenters. The second-order valence-electron chi connectivity index (χ2n) is 5.04. The minimum Gasteiger partial charge on any atom is -0.330 e. The largest absolute Gasteiger partial charge is 0.330 e. The predicted octanol–water partition coefficient (Wildman–Crippen LogP) is 1.61. The van der Waals surface area contributed by atoms with Crippen molar-refractivity contribution in [1.29, 1.82) is 0 Å². The zero-order chi connectivity index (χ0) is 13.3. The SMILES string of the molecule is Cc1cc(-n2cncc2C(CN)C(C)C)nn1C. The summed E-state index contributed by atoms with van der Waals surface area (Å²) >= 11 is 0. The molecule has 0 amide bonds. The van der Waals surface area contributed by atoms with Gasteiger partial charge in [-0.3, -0.25) is 9.25 Å². The first-order valence-corrected chi connectivity index (χ1v) is 6.28. The standard InChI is InChI=1S/C13H21N5/c1-9(2)11(6-14)12-7-15-8-18(12)13-5-10(3)17(4)16-13/h5,7-9,11H,6,14H2,1-4H3. The highest BCUT2D eigenvalue weighted by Crippen LogP contribution is 2.25. The van der Waals surface area contributed by atoms with E-state index in [1.54, 1.807) is 0 Å². The Hall–Kier alpha value is -1.62. The van der Waals surface area contributed by atoms with E-state index in [1.807, 2.05) is 35.7 Å². The Balaban J connectivity index is 2.44. The molecule has 0 aliphatic heterocycles. The van der Waals surface area contributed by atoms with Gasteiger partial charge in [-0.2, -0.15) is 5.10 Å². The van der Waals surface area contributed by atoms with Gasteiger partial charge in [0.2, 0.25) is 0 Å². The minimum atomic E-state index is 0.301. The van der Waals surface area contributed by atoms with Gasteiger partial charge in [0.25, 0.3) is 0 Å². The van der Waals surface area contributed by atoms with Gasteiger partial charge in [-0.1, -0.05) is 13.8 Å². The van der Waals surface area contributed by atoms with Crippen LogP contribution in [0.5, 0.6) is 0 Å². The van der Waals surface area contributed by atoms with E-state index in [2.05, 4.69) is 30.0 Å². The van der Waals surface area contributed by atoms with Gasteiger partial charge in [-0.25, -0.2) is 4.98 Å². The van der Waals surface area contributed by atoms with Gasteiger partial charge < -0.3 is 5.73 Å². The molecule has 2 rings (SSSR count). The van der Waals surface area contributed by atoms with E-state index in [0.29, 0.717) is 18.4 Å². The highest BCUT2D eigenvalue weighted by molar-refractivity contribution is 5.28. The average Bonchev–Trinajstić information content (AvgIpc) is 2.88. The number of imidazole rings is 1. The topological polar surface area (TPSA) is 61.7 Å². The van der Waals surface area contributed by atoms with E-state index >= 15 is 0 Å². The maximum atomic E-state index is 5.88. The van der Waals surface area contributed by atoms with Crippen molar-refractivity contribution in [2.45, 2.75) is 26.7 Å². The number of rotatable bonds is 4. The van der Waals surface area contributed by atoms with Crippen LogP contribution in [0.25, 0.3) is 5.82 Å². The fourth-order valence-electron chi connectivity index (χ4n) is 2.16. The second-order valence-corrected chi connectivity index (χ2v) is 5.04. The number of nitrogens with zero attached hydrogens (tertiary/aromatic N) is 4. The summed E-state index contributed by atoms with van der Waals surface area (Å²) in [4.78, 5) is 4.25. The molecule has 0 aliphatic carbocycles. The molecule has 0 aliphatic rings. The van der Waals surface area contributed by atoms with Gasteiger partial charge in [-0.15, -0.1) is 0 Å². The van der Waals surface area contributed by atoms with Crippen molar-refractivity contribution in [2.24, 2.45) is 18.7 Å². The Morgan fingerprint density at radius 2 is 2.11 bits per heavy atom. The molecule has 18 heavy (non-hydrogen) atoms. The molecule has 0 saturated carbocycles. The Morgan fingerprint density at radius 3 is 2.61 bits per heavy atom. The summed E-state index contributed by atoms with van der Waals surface area (Å²) in [5.41, 5.74) is 8.13. The van der Waals surface area contributed by atoms with E-state index in [0.717, 1.165) is 17.2 Å². The molecule has 5 heteroatoms. The first kappa shape index (κ1) is 12.8. The second kappa shape index (κ2) is 4.94. The Labute approximate surface area is 108 Å². The van der Waals surface area contributed by atoms with Crippen LogP contribution in [-0.4, -0.2) is 25.9 Å². The van der Waals surface area contributed by atoms with Crippen molar-refractivity contribution in [3.63, 3.8) is 0 Å². The monoisotopic (exact) mass is 247 g/mol. The first-order chi connectivity index (χ1) is 8.54. The van der Waals surface area contributed by atoms with Gasteiger partial charge in [0.15, 0.2) is 5.82 Å². The maximum Gasteiger partial charge on any atom is 0.160 e. The lowest BCUT2D eigenvalue weighted by Crippen LogP contribution is -2.20. The van der Waals surface area contributed by atoms with Crippen LogP contribution in [-0.2, 0) is 7.05 Å². The van der Waals surface area contributed by atoms with Crippen molar-refractivity contribution in [3.05, 3.63) is 30.0 Å². The summed E-state index contributed by atoms with van der Waals surface area (Å²) in [5.74, 6) is 1.69. The lowest BCUT2D eigenvalue weighted by Gasteiger charge is -2.19. The maximum absolute atomic E-state index is 5.88. The predicted molar refractivity (Wildman–Crippen MR) is 71.7 cm³/mol. The molecule has 0 aromatic carbocycles. The lowest BCUT2D eigenvalue weighted by molar-refractivity contribution is 0.488. The molecule has 2 aromatic heterocycles. The molecule has 2 aromatic rings. The van der Waals surface area contributed by atoms with Gasteiger partial charge >= 0.3 is 0 Å². The third-order valence-electron chi connectivity index (χ3n) is 3.45. The van der Waals surface area contributed by atoms with Gasteiger partial charge in [0.1, 0.15) is 6.33 Å². The molecule has 98 valence electrons. The highest BCUT2D eigenvalue weighted by atomic mass is 15.3. The molecule has 0 spiro atoms. The Bertz CT molecular complexity index is 504. The molecule has 0 saturated heterocycles. The molecule has 0 radical (unpaired) electrons. The molecule has 1 atom stereocenters. The Morgan fingerprint density at radius 1 is 1.39 bits per heavy atom. The van der Waals surface area contributed by atoms with E-state index in [-0.39, 0.29) is 0 Å². The van der Waals surface area contributed by atoms with Crippen LogP contribution in [0.1, 0.15) is 31.2 Å². The minimum absolute atomic E-state index is 0.301. The van der Waals surface area contributed by atoms with Crippen LogP contribution < -0.4 is 5.73 Å². The zero-order valence-corrected chi connectivity index (χ0v) is 11.5. The number of hydrogen-bond acceptors (Lipinski definition) is 3. The summed E-state index contributed by atoms with van der Waals surface area (Å²) in [7, 11) is 1.94. The van der Waals surface area contributed by atoms with Crippen LogP contribution in [0.15, 0.2) is 18.6 Å². The van der Waals surface area contributed by atoms with Crippen LogP contribution in [0.2, 0.25) is 0 Å². The van der Waals surface area contributed by atoms with Crippen LogP contribution in [0.3, 0.4) is 0 Å². The number of aryl methyl sites for hydroxylation is 2. The fraction of sp³-hybridized carbons (Fsp3) is 0.538. The van der Waals surface area contributed by atoms with Crippen molar-refractivity contribution in [2.75, 3.05) is 6.54 Å². The molecular weight excluding hydrogens is 226 g/mol. The van der Waals surface area contributed by atoms with E-state index < -0.39 is 0 Å². The van der Waals surface area contributed by atoms with Gasteiger partial charge in [0, 0.05) is 43.2 Å². The summed E-state index contributed by atoms with van der Waals surface area (Å²) < 4.78 is 3.90. The summed E-state index contributed by atoms with van der Waals surface area (Å²) in [6, 6.07) is 2.05. The quantitative estimate of drug-likeness (QED) is 0.893. The van der Waals surface area contributed by atoms with Crippen LogP contribution >= 0.6 is 0 Å². The summed E-state index contributed by atoms with van der Waals surface area (Å²) in [6.07, 6.45) is 3.70. The smallest absolute Gasteiger partial charge is 0.160 e. The van der Waals surface area contributed by atoms with Crippen molar-refractivity contribution in [3.8, 4) is 5.82 Å². The van der Waals surface area contributed by atoms with Gasteiger partial charge in [-0.05, 0) is 12.8 Å². The molecular formula is C13H21N5. The summed E-state index contributed by atoms with van der Waals surface area (Å²) in [5, 5.41) is 4.49. The zero-order valence-electron chi connectivity index (χ0n) is 11.5. The Kier molecular flexibility index (Phi) is 3.52. The number of aromatic nitrogens is 4. The van der Waals surface area contributed by atoms with E-state index in [4.69, 9.17) is 5.73 Å². The number of nitrogens with two attached hydrogens (primary N) is 1. The van der Waals surface area contributed by atoms with Gasteiger partial charge in [0.05, 0.1) is 0 Å². The van der Waals surface area contributed by atoms with Crippen molar-refractivity contribution < 1.29 is 0 Å². The van der Waals surface area contributed by atoms with Crippen molar-refractivity contribution >= 4 is 0 Å². The molecule has 5 nitrogen and oxygen atoms in total. The normalized spacial score (nSPS) is 13.2. The molecule has 0 fully saturated rings. The fourth-order valence-corrected chi connectivity index (χ4v) is 2.16. The van der Waals surface area contributed by atoms with E-state index in [1.165, 1.54) is 0 Å². The number of hydrogen-bond donors (Lipinski definition) is 1. The lowest BCUT2D eigenvalue weighted by atomic mass is 9.93. The molecule has 2 N–H and O–H groups in total. The van der Waals surface area contributed by atoms with Crippen molar-refractivity contribution in [1.82, 2.24) is 19.3 Å². The molecule has 2 heterocycles. The highest BCUT2D eigenvalue weighted by Gasteiger charge is 2.19. The summed E-state index contributed by atoms with van der Waals surface area (Å²) in [6.45, 7) is 7.02. The first-order valence-electron chi connectivity index (χ1n) is 6.28. The third-order valence-corrected chi connectivity index (χ3v) is 3.45. The third kappa shape index (κ3) is 2.18. The molecule has 0 bridgehead atoms. The van der Waals surface area contributed by atoms with Crippen LogP contribution in [0, 0.1) is 12.8 Å². The van der Waals surface area contributed by atoms with Crippen LogP contribution in [0.4, 0.5) is 0 Å². The van der Waals surface area contributed by atoms with E-state index in [9.17, 15) is 0 Å². The average molecular weight is 247 g/mol.